The molecule has 1 unspecified atom stereocenters. The molecule has 1 heterocycles. The molecule has 0 aliphatic carbocycles. The Balaban J connectivity index is 1.81. The summed E-state index contributed by atoms with van der Waals surface area (Å²) in [6.07, 6.45) is 3.96. The van der Waals surface area contributed by atoms with Gasteiger partial charge in [0.05, 0.1) is 6.10 Å². The fourth-order valence-electron chi connectivity index (χ4n) is 2.86. The van der Waals surface area contributed by atoms with Gasteiger partial charge in [0.1, 0.15) is 5.82 Å². The smallest absolute Gasteiger partial charge is 0.123 e. The number of likely N-dealkylation sites (tertiary alicyclic amines) is 1. The van der Waals surface area contributed by atoms with Crippen molar-refractivity contribution in [3.63, 3.8) is 0 Å². The van der Waals surface area contributed by atoms with Gasteiger partial charge in [-0.25, -0.2) is 4.39 Å². The van der Waals surface area contributed by atoms with E-state index in [1.54, 1.807) is 12.1 Å². The number of aliphatic hydroxyl groups excluding tert-OH is 1. The van der Waals surface area contributed by atoms with Crippen LogP contribution >= 0.6 is 0 Å². The number of hydrogen-bond donors (Lipinski definition) is 1. The zero-order chi connectivity index (χ0) is 14.6. The monoisotopic (exact) mass is 279 g/mol. The molecule has 112 valence electrons. The maximum atomic E-state index is 12.9. The summed E-state index contributed by atoms with van der Waals surface area (Å²) in [6, 6.07) is 6.16. The molecule has 1 aliphatic heterocycles. The van der Waals surface area contributed by atoms with Crippen LogP contribution in [-0.2, 0) is 0 Å². The average Bonchev–Trinajstić information content (AvgIpc) is 2.58. The summed E-state index contributed by atoms with van der Waals surface area (Å²) in [5.74, 6) is -0.254. The zero-order valence-electron chi connectivity index (χ0n) is 12.6. The number of aliphatic hydroxyl groups is 1. The molecular formula is C17H26FNO. The first kappa shape index (κ1) is 15.5. The Morgan fingerprint density at radius 3 is 2.60 bits per heavy atom. The molecule has 2 nitrogen and oxygen atoms in total. The Morgan fingerprint density at radius 1 is 1.20 bits per heavy atom. The quantitative estimate of drug-likeness (QED) is 0.907. The zero-order valence-corrected chi connectivity index (χ0v) is 12.6. The molecule has 0 bridgehead atoms. The van der Waals surface area contributed by atoms with E-state index in [-0.39, 0.29) is 5.82 Å². The van der Waals surface area contributed by atoms with Crippen LogP contribution in [0.1, 0.15) is 51.2 Å². The lowest BCUT2D eigenvalue weighted by molar-refractivity contribution is 0.141. The molecule has 1 aromatic rings. The molecule has 1 N–H and O–H groups in total. The number of benzene rings is 1. The van der Waals surface area contributed by atoms with Crippen molar-refractivity contribution in [2.24, 2.45) is 5.41 Å². The topological polar surface area (TPSA) is 23.5 Å². The highest BCUT2D eigenvalue weighted by Crippen LogP contribution is 2.30. The van der Waals surface area contributed by atoms with E-state index in [0.717, 1.165) is 25.2 Å². The van der Waals surface area contributed by atoms with Crippen molar-refractivity contribution in [1.82, 2.24) is 4.90 Å². The van der Waals surface area contributed by atoms with Crippen molar-refractivity contribution in [2.75, 3.05) is 19.6 Å². The molecule has 1 saturated heterocycles. The van der Waals surface area contributed by atoms with Gasteiger partial charge in [-0.15, -0.1) is 0 Å². The fraction of sp³-hybridized carbons (Fsp3) is 0.647. The highest BCUT2D eigenvalue weighted by molar-refractivity contribution is 5.18. The van der Waals surface area contributed by atoms with Gasteiger partial charge in [-0.2, -0.15) is 0 Å². The molecule has 0 radical (unpaired) electrons. The molecule has 2 rings (SSSR count). The van der Waals surface area contributed by atoms with Gasteiger partial charge < -0.3 is 10.0 Å². The summed E-state index contributed by atoms with van der Waals surface area (Å²) in [5.41, 5.74) is 1.26. The van der Waals surface area contributed by atoms with Crippen molar-refractivity contribution in [3.05, 3.63) is 35.6 Å². The second kappa shape index (κ2) is 6.68. The van der Waals surface area contributed by atoms with Crippen molar-refractivity contribution < 1.29 is 9.50 Å². The molecule has 20 heavy (non-hydrogen) atoms. The first-order valence-corrected chi connectivity index (χ1v) is 7.62. The average molecular weight is 279 g/mol. The maximum absolute atomic E-state index is 12.9. The SMILES string of the molecule is CC1(C)CCCN(CCC(O)c2ccc(F)cc2)CC1. The molecule has 1 aliphatic rings. The number of halogens is 1. The lowest BCUT2D eigenvalue weighted by Gasteiger charge is -2.24. The van der Waals surface area contributed by atoms with Gasteiger partial charge in [0.15, 0.2) is 0 Å². The van der Waals surface area contributed by atoms with Gasteiger partial charge in [-0.3, -0.25) is 0 Å². The van der Waals surface area contributed by atoms with E-state index >= 15 is 0 Å². The lowest BCUT2D eigenvalue weighted by Crippen LogP contribution is -2.27. The van der Waals surface area contributed by atoms with Crippen molar-refractivity contribution >= 4 is 0 Å². The van der Waals surface area contributed by atoms with E-state index in [4.69, 9.17) is 0 Å². The summed E-state index contributed by atoms with van der Waals surface area (Å²) in [6.45, 7) is 7.82. The molecule has 0 amide bonds. The van der Waals surface area contributed by atoms with Gasteiger partial charge in [0, 0.05) is 6.54 Å². The van der Waals surface area contributed by atoms with Gasteiger partial charge >= 0.3 is 0 Å². The highest BCUT2D eigenvalue weighted by atomic mass is 19.1. The molecule has 0 saturated carbocycles. The van der Waals surface area contributed by atoms with E-state index in [0.29, 0.717) is 11.8 Å². The van der Waals surface area contributed by atoms with E-state index in [1.165, 1.54) is 31.4 Å². The Bertz CT molecular complexity index is 416. The van der Waals surface area contributed by atoms with E-state index in [9.17, 15) is 9.50 Å². The van der Waals surface area contributed by atoms with Crippen LogP contribution in [-0.4, -0.2) is 29.6 Å². The highest BCUT2D eigenvalue weighted by Gasteiger charge is 2.23. The van der Waals surface area contributed by atoms with Gasteiger partial charge in [-0.1, -0.05) is 26.0 Å². The van der Waals surface area contributed by atoms with Gasteiger partial charge in [0.2, 0.25) is 0 Å². The molecular weight excluding hydrogens is 253 g/mol. The van der Waals surface area contributed by atoms with Gasteiger partial charge in [-0.05, 0) is 61.9 Å². The number of rotatable bonds is 4. The van der Waals surface area contributed by atoms with E-state index in [2.05, 4.69) is 18.7 Å². The molecule has 0 aromatic heterocycles. The van der Waals surface area contributed by atoms with Crippen LogP contribution in [0.2, 0.25) is 0 Å². The van der Waals surface area contributed by atoms with E-state index in [1.807, 2.05) is 0 Å². The Labute approximate surface area is 121 Å². The van der Waals surface area contributed by atoms with Gasteiger partial charge in [0.25, 0.3) is 0 Å². The third-order valence-corrected chi connectivity index (χ3v) is 4.41. The summed E-state index contributed by atoms with van der Waals surface area (Å²) < 4.78 is 12.9. The largest absolute Gasteiger partial charge is 0.388 e. The Morgan fingerprint density at radius 2 is 1.90 bits per heavy atom. The summed E-state index contributed by atoms with van der Waals surface area (Å²) >= 11 is 0. The summed E-state index contributed by atoms with van der Waals surface area (Å²) in [4.78, 5) is 2.45. The standard InChI is InChI=1S/C17H26FNO/c1-17(2)9-3-11-19(13-10-17)12-8-16(20)14-4-6-15(18)7-5-14/h4-7,16,20H,3,8-13H2,1-2H3. The van der Waals surface area contributed by atoms with Crippen LogP contribution in [0.25, 0.3) is 0 Å². The van der Waals surface area contributed by atoms with E-state index < -0.39 is 6.10 Å². The molecule has 0 spiro atoms. The third kappa shape index (κ3) is 4.57. The van der Waals surface area contributed by atoms with Crippen molar-refractivity contribution in [2.45, 2.75) is 45.6 Å². The van der Waals surface area contributed by atoms with Crippen LogP contribution < -0.4 is 0 Å². The molecule has 1 atom stereocenters. The second-order valence-corrected chi connectivity index (χ2v) is 6.72. The lowest BCUT2D eigenvalue weighted by atomic mass is 9.85. The summed E-state index contributed by atoms with van der Waals surface area (Å²) in [5, 5.41) is 10.2. The minimum atomic E-state index is -0.494. The number of nitrogens with zero attached hydrogens (tertiary/aromatic N) is 1. The van der Waals surface area contributed by atoms with Crippen LogP contribution in [0, 0.1) is 11.2 Å². The first-order chi connectivity index (χ1) is 9.46. The normalized spacial score (nSPS) is 21.4. The fourth-order valence-corrected chi connectivity index (χ4v) is 2.86. The predicted molar refractivity (Wildman–Crippen MR) is 80.0 cm³/mol. The summed E-state index contributed by atoms with van der Waals surface area (Å²) in [7, 11) is 0. The van der Waals surface area contributed by atoms with Crippen LogP contribution in [0.5, 0.6) is 0 Å². The molecule has 1 fully saturated rings. The van der Waals surface area contributed by atoms with Crippen LogP contribution in [0.15, 0.2) is 24.3 Å². The van der Waals surface area contributed by atoms with Crippen LogP contribution in [0.4, 0.5) is 4.39 Å². The second-order valence-electron chi connectivity index (χ2n) is 6.72. The predicted octanol–water partition coefficient (Wildman–Crippen LogP) is 3.76. The minimum absolute atomic E-state index is 0.254. The Hall–Kier alpha value is -0.930. The molecule has 1 aromatic carbocycles. The maximum Gasteiger partial charge on any atom is 0.123 e. The van der Waals surface area contributed by atoms with Crippen molar-refractivity contribution in [3.8, 4) is 0 Å². The third-order valence-electron chi connectivity index (χ3n) is 4.41. The number of hydrogen-bond acceptors (Lipinski definition) is 2. The van der Waals surface area contributed by atoms with Crippen LogP contribution in [0.3, 0.4) is 0 Å². The first-order valence-electron chi connectivity index (χ1n) is 7.62. The minimum Gasteiger partial charge on any atom is -0.388 e. The van der Waals surface area contributed by atoms with Crippen molar-refractivity contribution in [1.29, 1.82) is 0 Å². The Kier molecular flexibility index (Phi) is 5.17. The molecule has 3 heteroatoms.